The van der Waals surface area contributed by atoms with Crippen LogP contribution in [0.2, 0.25) is 0 Å². The molecule has 1 N–H and O–H groups in total. The third kappa shape index (κ3) is 4.58. The summed E-state index contributed by atoms with van der Waals surface area (Å²) < 4.78 is 5.30. The second kappa shape index (κ2) is 8.23. The number of amides is 3. The number of aryl methyl sites for hydroxylation is 1. The maximum Gasteiger partial charge on any atom is 0.321 e. The van der Waals surface area contributed by atoms with Crippen molar-refractivity contribution in [1.82, 2.24) is 19.9 Å². The number of hydrogen-bond donors (Lipinski definition) is 1. The van der Waals surface area contributed by atoms with Crippen molar-refractivity contribution in [2.45, 2.75) is 51.5 Å². The van der Waals surface area contributed by atoms with E-state index in [2.05, 4.69) is 15.5 Å². The summed E-state index contributed by atoms with van der Waals surface area (Å²) in [5, 5.41) is 7.00. The predicted molar refractivity (Wildman–Crippen MR) is 108 cm³/mol. The van der Waals surface area contributed by atoms with Gasteiger partial charge >= 0.3 is 6.03 Å². The van der Waals surface area contributed by atoms with Crippen LogP contribution in [-0.4, -0.2) is 57.6 Å². The van der Waals surface area contributed by atoms with Crippen LogP contribution in [0.1, 0.15) is 49.4 Å². The fourth-order valence-corrected chi connectivity index (χ4v) is 3.77. The lowest BCUT2D eigenvalue weighted by molar-refractivity contribution is -0.130. The van der Waals surface area contributed by atoms with Crippen LogP contribution in [0, 0.1) is 6.92 Å². The third-order valence-corrected chi connectivity index (χ3v) is 5.67. The van der Waals surface area contributed by atoms with E-state index in [1.807, 2.05) is 36.1 Å². The highest BCUT2D eigenvalue weighted by molar-refractivity contribution is 5.90. The summed E-state index contributed by atoms with van der Waals surface area (Å²) in [4.78, 5) is 32.9. The number of carbonyl (C=O) groups is 2. The molecule has 1 aliphatic carbocycles. The van der Waals surface area contributed by atoms with Crippen LogP contribution >= 0.6 is 0 Å². The molecule has 1 aromatic carbocycles. The van der Waals surface area contributed by atoms with Gasteiger partial charge in [-0.2, -0.15) is 4.98 Å². The summed E-state index contributed by atoms with van der Waals surface area (Å²) in [5.41, 5.74) is 1.83. The fraction of sp³-hybridized carbons (Fsp3) is 0.524. The molecule has 4 rings (SSSR count). The number of urea groups is 1. The van der Waals surface area contributed by atoms with E-state index in [0.717, 1.165) is 30.5 Å². The SMILES string of the molecule is CC(=O)N(CCc1noc(C2CC2)n1)C1CCN(C(=O)Nc2ccccc2C)C1. The average molecular weight is 397 g/mol. The number of aromatic nitrogens is 2. The maximum atomic E-state index is 12.6. The first kappa shape index (κ1) is 19.4. The molecule has 3 amide bonds. The Morgan fingerprint density at radius 1 is 1.28 bits per heavy atom. The standard InChI is InChI=1S/C21H27N5O3/c1-14-5-3-4-6-18(14)22-21(28)25-11-9-17(13-25)26(15(2)27)12-10-19-23-20(29-24-19)16-7-8-16/h3-6,16-17H,7-13H2,1-2H3,(H,22,28). The van der Waals surface area contributed by atoms with Crippen LogP contribution in [0.5, 0.6) is 0 Å². The van der Waals surface area contributed by atoms with Gasteiger partial charge in [-0.15, -0.1) is 0 Å². The molecule has 154 valence electrons. The van der Waals surface area contributed by atoms with Gasteiger partial charge in [0.2, 0.25) is 11.8 Å². The molecule has 1 saturated carbocycles. The number of hydrogen-bond acceptors (Lipinski definition) is 5. The number of nitrogens with one attached hydrogen (secondary N) is 1. The minimum atomic E-state index is -0.127. The van der Waals surface area contributed by atoms with Gasteiger partial charge < -0.3 is 19.6 Å². The predicted octanol–water partition coefficient (Wildman–Crippen LogP) is 2.95. The first-order valence-electron chi connectivity index (χ1n) is 10.2. The Balaban J connectivity index is 1.33. The van der Waals surface area contributed by atoms with Gasteiger partial charge in [0, 0.05) is 44.6 Å². The Morgan fingerprint density at radius 3 is 2.79 bits per heavy atom. The lowest BCUT2D eigenvalue weighted by Gasteiger charge is -2.27. The second-order valence-electron chi connectivity index (χ2n) is 7.92. The van der Waals surface area contributed by atoms with Gasteiger partial charge in [-0.3, -0.25) is 4.79 Å². The van der Waals surface area contributed by atoms with E-state index in [9.17, 15) is 9.59 Å². The van der Waals surface area contributed by atoms with Gasteiger partial charge in [0.05, 0.1) is 6.04 Å². The highest BCUT2D eigenvalue weighted by atomic mass is 16.5. The molecule has 0 bridgehead atoms. The zero-order valence-electron chi connectivity index (χ0n) is 16.9. The maximum absolute atomic E-state index is 12.6. The number of nitrogens with zero attached hydrogens (tertiary/aromatic N) is 4. The smallest absolute Gasteiger partial charge is 0.321 e. The first-order valence-corrected chi connectivity index (χ1v) is 10.2. The Kier molecular flexibility index (Phi) is 5.51. The zero-order valence-corrected chi connectivity index (χ0v) is 16.9. The van der Waals surface area contributed by atoms with E-state index >= 15 is 0 Å². The van der Waals surface area contributed by atoms with E-state index in [-0.39, 0.29) is 18.0 Å². The number of benzene rings is 1. The number of anilines is 1. The summed E-state index contributed by atoms with van der Waals surface area (Å²) in [6, 6.07) is 7.58. The molecular formula is C21H27N5O3. The molecule has 0 spiro atoms. The summed E-state index contributed by atoms with van der Waals surface area (Å²) in [6.07, 6.45) is 3.55. The molecule has 1 aromatic heterocycles. The quantitative estimate of drug-likeness (QED) is 0.809. The van der Waals surface area contributed by atoms with Crippen LogP contribution in [0.4, 0.5) is 10.5 Å². The minimum absolute atomic E-state index is 0.00192. The molecule has 1 aliphatic heterocycles. The van der Waals surface area contributed by atoms with Crippen LogP contribution in [0.25, 0.3) is 0 Å². The summed E-state index contributed by atoms with van der Waals surface area (Å²) in [5.74, 6) is 1.79. The van der Waals surface area contributed by atoms with Gasteiger partial charge in [0.1, 0.15) is 0 Å². The number of carbonyl (C=O) groups excluding carboxylic acids is 2. The molecule has 0 radical (unpaired) electrons. The Bertz CT molecular complexity index is 892. The molecular weight excluding hydrogens is 370 g/mol. The van der Waals surface area contributed by atoms with E-state index in [1.54, 1.807) is 11.8 Å². The lowest BCUT2D eigenvalue weighted by atomic mass is 10.2. The highest BCUT2D eigenvalue weighted by Crippen LogP contribution is 2.38. The molecule has 2 heterocycles. The van der Waals surface area contributed by atoms with Crippen molar-refractivity contribution in [2.75, 3.05) is 25.0 Å². The van der Waals surface area contributed by atoms with Crippen molar-refractivity contribution in [3.8, 4) is 0 Å². The molecule has 1 unspecified atom stereocenters. The van der Waals surface area contributed by atoms with Crippen LogP contribution < -0.4 is 5.32 Å². The van der Waals surface area contributed by atoms with Gasteiger partial charge in [0.25, 0.3) is 0 Å². The Morgan fingerprint density at radius 2 is 2.07 bits per heavy atom. The van der Waals surface area contributed by atoms with Crippen molar-refractivity contribution < 1.29 is 14.1 Å². The summed E-state index contributed by atoms with van der Waals surface area (Å²) in [6.45, 7) is 5.21. The fourth-order valence-electron chi connectivity index (χ4n) is 3.77. The van der Waals surface area contributed by atoms with E-state index in [0.29, 0.717) is 43.7 Å². The van der Waals surface area contributed by atoms with Gasteiger partial charge in [-0.25, -0.2) is 4.79 Å². The molecule has 2 fully saturated rings. The van der Waals surface area contributed by atoms with Crippen molar-refractivity contribution in [3.63, 3.8) is 0 Å². The van der Waals surface area contributed by atoms with Crippen molar-refractivity contribution >= 4 is 17.6 Å². The minimum Gasteiger partial charge on any atom is -0.339 e. The Hall–Kier alpha value is -2.90. The average Bonchev–Trinajstić information content (AvgIpc) is 3.24. The number of rotatable bonds is 6. The largest absolute Gasteiger partial charge is 0.339 e. The molecule has 1 atom stereocenters. The molecule has 2 aromatic rings. The van der Waals surface area contributed by atoms with Crippen LogP contribution in [0.3, 0.4) is 0 Å². The van der Waals surface area contributed by atoms with Crippen LogP contribution in [0.15, 0.2) is 28.8 Å². The van der Waals surface area contributed by atoms with Gasteiger partial charge in [-0.1, -0.05) is 23.4 Å². The Labute approximate surface area is 170 Å². The van der Waals surface area contributed by atoms with Gasteiger partial charge in [-0.05, 0) is 37.8 Å². The normalized spacial score (nSPS) is 18.7. The van der Waals surface area contributed by atoms with Crippen molar-refractivity contribution in [2.24, 2.45) is 0 Å². The summed E-state index contributed by atoms with van der Waals surface area (Å²) in [7, 11) is 0. The first-order chi connectivity index (χ1) is 14.0. The van der Waals surface area contributed by atoms with E-state index in [1.165, 1.54) is 0 Å². The molecule has 2 aliphatic rings. The monoisotopic (exact) mass is 397 g/mol. The molecule has 8 heteroatoms. The van der Waals surface area contributed by atoms with E-state index in [4.69, 9.17) is 4.52 Å². The number of likely N-dealkylation sites (tertiary alicyclic amines) is 1. The summed E-state index contributed by atoms with van der Waals surface area (Å²) >= 11 is 0. The zero-order chi connectivity index (χ0) is 20.4. The van der Waals surface area contributed by atoms with Crippen LogP contribution in [-0.2, 0) is 11.2 Å². The van der Waals surface area contributed by atoms with E-state index < -0.39 is 0 Å². The van der Waals surface area contributed by atoms with Crippen molar-refractivity contribution in [3.05, 3.63) is 41.5 Å². The molecule has 8 nitrogen and oxygen atoms in total. The topological polar surface area (TPSA) is 91.6 Å². The molecule has 29 heavy (non-hydrogen) atoms. The lowest BCUT2D eigenvalue weighted by Crippen LogP contribution is -2.43. The highest BCUT2D eigenvalue weighted by Gasteiger charge is 2.33. The van der Waals surface area contributed by atoms with Crippen molar-refractivity contribution in [1.29, 1.82) is 0 Å². The number of para-hydroxylation sites is 1. The molecule has 1 saturated heterocycles. The third-order valence-electron chi connectivity index (χ3n) is 5.67. The van der Waals surface area contributed by atoms with Gasteiger partial charge in [0.15, 0.2) is 5.82 Å². The second-order valence-corrected chi connectivity index (χ2v) is 7.92.